The molecule has 78 valence electrons. The topological polar surface area (TPSA) is 26.3 Å². The Bertz CT molecular complexity index is 392. The van der Waals surface area contributed by atoms with Crippen LogP contribution in [0.5, 0.6) is 0 Å². The minimum Gasteiger partial charge on any atom is -0.454 e. The van der Waals surface area contributed by atoms with Crippen LogP contribution in [0.2, 0.25) is 0 Å². The lowest BCUT2D eigenvalue weighted by Crippen LogP contribution is -2.22. The van der Waals surface area contributed by atoms with Gasteiger partial charge in [-0.25, -0.2) is 4.79 Å². The molecule has 2 nitrogen and oxygen atoms in total. The molecule has 0 fully saturated rings. The molecule has 0 unspecified atom stereocenters. The number of hydrogen-bond acceptors (Lipinski definition) is 2. The minimum absolute atomic E-state index is 0.137. The van der Waals surface area contributed by atoms with E-state index in [0.717, 1.165) is 5.56 Å². The monoisotopic (exact) mass is 202 g/mol. The van der Waals surface area contributed by atoms with Crippen LogP contribution in [0, 0.1) is 5.92 Å². The van der Waals surface area contributed by atoms with Crippen molar-refractivity contribution >= 4 is 5.97 Å². The van der Waals surface area contributed by atoms with Gasteiger partial charge in [-0.3, -0.25) is 0 Å². The van der Waals surface area contributed by atoms with Gasteiger partial charge in [0.25, 0.3) is 0 Å². The Morgan fingerprint density at radius 2 is 1.87 bits per heavy atom. The number of benzene rings is 1. The van der Waals surface area contributed by atoms with E-state index >= 15 is 0 Å². The minimum atomic E-state index is -0.207. The zero-order valence-corrected chi connectivity index (χ0v) is 8.94. The van der Waals surface area contributed by atoms with Crippen molar-refractivity contribution in [2.24, 2.45) is 5.92 Å². The molecule has 0 saturated carbocycles. The molecule has 0 spiro atoms. The van der Waals surface area contributed by atoms with Gasteiger partial charge in [0.1, 0.15) is 6.10 Å². The second-order valence-corrected chi connectivity index (χ2v) is 3.95. The Morgan fingerprint density at radius 3 is 2.53 bits per heavy atom. The van der Waals surface area contributed by atoms with E-state index in [2.05, 4.69) is 6.92 Å². The normalized spacial score (nSPS) is 25.7. The molecule has 15 heavy (non-hydrogen) atoms. The highest BCUT2D eigenvalue weighted by molar-refractivity contribution is 5.88. The molecule has 0 amide bonds. The van der Waals surface area contributed by atoms with E-state index in [9.17, 15) is 4.79 Å². The van der Waals surface area contributed by atoms with Crippen molar-refractivity contribution < 1.29 is 9.53 Å². The van der Waals surface area contributed by atoms with Gasteiger partial charge in [-0.05, 0) is 12.5 Å². The fraction of sp³-hybridized carbons (Fsp3) is 0.308. The second kappa shape index (κ2) is 3.89. The molecule has 0 saturated heterocycles. The smallest absolute Gasteiger partial charge is 0.334 e. The molecule has 2 rings (SSSR count). The Hall–Kier alpha value is -1.57. The molecule has 1 heterocycles. The number of esters is 1. The maximum atomic E-state index is 11.4. The molecule has 0 bridgehead atoms. The van der Waals surface area contributed by atoms with Crippen molar-refractivity contribution in [2.75, 3.05) is 0 Å². The Morgan fingerprint density at radius 1 is 1.20 bits per heavy atom. The average Bonchev–Trinajstić information content (AvgIpc) is 2.25. The molecule has 2 atom stereocenters. The molecule has 1 aromatic carbocycles. The van der Waals surface area contributed by atoms with Gasteiger partial charge in [-0.2, -0.15) is 0 Å². The number of carbonyl (C=O) groups excluding carboxylic acids is 1. The second-order valence-electron chi connectivity index (χ2n) is 3.95. The van der Waals surface area contributed by atoms with Crippen LogP contribution < -0.4 is 0 Å². The standard InChI is InChI=1S/C13H14O2/c1-9-8-10(2)13(14)15-12(9)11-6-4-3-5-7-11/h3-9,12H,1-2H3/t9-,12+/m0/s1. The summed E-state index contributed by atoms with van der Waals surface area (Å²) in [6.45, 7) is 3.85. The molecule has 0 radical (unpaired) electrons. The maximum Gasteiger partial charge on any atom is 0.334 e. The molecule has 0 aliphatic carbocycles. The van der Waals surface area contributed by atoms with Crippen LogP contribution in [0.25, 0.3) is 0 Å². The van der Waals surface area contributed by atoms with E-state index in [-0.39, 0.29) is 18.0 Å². The fourth-order valence-electron chi connectivity index (χ4n) is 1.88. The quantitative estimate of drug-likeness (QED) is 0.654. The lowest BCUT2D eigenvalue weighted by Gasteiger charge is -2.27. The first-order chi connectivity index (χ1) is 7.18. The van der Waals surface area contributed by atoms with Crippen molar-refractivity contribution in [2.45, 2.75) is 20.0 Å². The van der Waals surface area contributed by atoms with E-state index in [1.165, 1.54) is 0 Å². The largest absolute Gasteiger partial charge is 0.454 e. The fourth-order valence-corrected chi connectivity index (χ4v) is 1.88. The van der Waals surface area contributed by atoms with Gasteiger partial charge in [0.15, 0.2) is 0 Å². The summed E-state index contributed by atoms with van der Waals surface area (Å²) in [7, 11) is 0. The Kier molecular flexibility index (Phi) is 2.58. The summed E-state index contributed by atoms with van der Waals surface area (Å²) in [5.41, 5.74) is 1.76. The number of carbonyl (C=O) groups is 1. The molecule has 1 aliphatic heterocycles. The predicted molar refractivity (Wildman–Crippen MR) is 58.2 cm³/mol. The number of ether oxygens (including phenoxy) is 1. The van der Waals surface area contributed by atoms with Crippen molar-refractivity contribution in [1.82, 2.24) is 0 Å². The molecular formula is C13H14O2. The summed E-state index contributed by atoms with van der Waals surface area (Å²) < 4.78 is 5.39. The van der Waals surface area contributed by atoms with Gasteiger partial charge >= 0.3 is 5.97 Å². The van der Waals surface area contributed by atoms with Crippen molar-refractivity contribution in [1.29, 1.82) is 0 Å². The van der Waals surface area contributed by atoms with Crippen molar-refractivity contribution in [3.05, 3.63) is 47.5 Å². The van der Waals surface area contributed by atoms with Crippen LogP contribution in [-0.2, 0) is 9.53 Å². The highest BCUT2D eigenvalue weighted by Crippen LogP contribution is 2.32. The van der Waals surface area contributed by atoms with E-state index < -0.39 is 0 Å². The van der Waals surface area contributed by atoms with Crippen LogP contribution in [-0.4, -0.2) is 5.97 Å². The van der Waals surface area contributed by atoms with Crippen LogP contribution in [0.1, 0.15) is 25.5 Å². The summed E-state index contributed by atoms with van der Waals surface area (Å²) in [5, 5.41) is 0. The van der Waals surface area contributed by atoms with Gasteiger partial charge in [-0.15, -0.1) is 0 Å². The number of rotatable bonds is 1. The zero-order valence-electron chi connectivity index (χ0n) is 8.94. The third-order valence-corrected chi connectivity index (χ3v) is 2.67. The average molecular weight is 202 g/mol. The van der Waals surface area contributed by atoms with Gasteiger partial charge in [0.2, 0.25) is 0 Å². The Labute approximate surface area is 89.6 Å². The lowest BCUT2D eigenvalue weighted by atomic mass is 9.93. The van der Waals surface area contributed by atoms with E-state index in [4.69, 9.17) is 4.74 Å². The van der Waals surface area contributed by atoms with Gasteiger partial charge in [0, 0.05) is 11.5 Å². The summed E-state index contributed by atoms with van der Waals surface area (Å²) in [5.74, 6) is 0.0343. The highest BCUT2D eigenvalue weighted by atomic mass is 16.5. The lowest BCUT2D eigenvalue weighted by molar-refractivity contribution is -0.148. The van der Waals surface area contributed by atoms with E-state index in [1.807, 2.05) is 36.4 Å². The highest BCUT2D eigenvalue weighted by Gasteiger charge is 2.27. The van der Waals surface area contributed by atoms with Crippen molar-refractivity contribution in [3.8, 4) is 0 Å². The zero-order chi connectivity index (χ0) is 10.8. The third kappa shape index (κ3) is 1.94. The van der Waals surface area contributed by atoms with Crippen LogP contribution in [0.4, 0.5) is 0 Å². The summed E-state index contributed by atoms with van der Waals surface area (Å²) in [6, 6.07) is 9.86. The van der Waals surface area contributed by atoms with Crippen LogP contribution in [0.3, 0.4) is 0 Å². The first kappa shape index (κ1) is 9.97. The molecular weight excluding hydrogens is 188 g/mol. The van der Waals surface area contributed by atoms with Crippen molar-refractivity contribution in [3.63, 3.8) is 0 Å². The Balaban J connectivity index is 2.29. The SMILES string of the molecule is CC1=C[C@H](C)[C@H](c2ccccc2)OC1=O. The third-order valence-electron chi connectivity index (χ3n) is 2.67. The number of hydrogen-bond donors (Lipinski definition) is 0. The van der Waals surface area contributed by atoms with E-state index in [1.54, 1.807) is 6.92 Å². The number of cyclic esters (lactones) is 1. The molecule has 2 heteroatoms. The molecule has 0 aromatic heterocycles. The maximum absolute atomic E-state index is 11.4. The first-order valence-electron chi connectivity index (χ1n) is 5.13. The predicted octanol–water partition coefficient (Wildman–Crippen LogP) is 2.87. The van der Waals surface area contributed by atoms with Gasteiger partial charge < -0.3 is 4.74 Å². The molecule has 1 aliphatic rings. The summed E-state index contributed by atoms with van der Waals surface area (Å²) >= 11 is 0. The molecule has 1 aromatic rings. The van der Waals surface area contributed by atoms with Gasteiger partial charge in [-0.1, -0.05) is 43.3 Å². The van der Waals surface area contributed by atoms with Crippen LogP contribution >= 0.6 is 0 Å². The van der Waals surface area contributed by atoms with E-state index in [0.29, 0.717) is 5.57 Å². The summed E-state index contributed by atoms with van der Waals surface area (Å²) in [4.78, 5) is 11.4. The van der Waals surface area contributed by atoms with Crippen LogP contribution in [0.15, 0.2) is 42.0 Å². The van der Waals surface area contributed by atoms with Gasteiger partial charge in [0.05, 0.1) is 0 Å². The first-order valence-corrected chi connectivity index (χ1v) is 5.13. The summed E-state index contributed by atoms with van der Waals surface area (Å²) in [6.07, 6.45) is 1.84. The molecule has 0 N–H and O–H groups in total.